The predicted molar refractivity (Wildman–Crippen MR) is 102 cm³/mol. The molecule has 0 radical (unpaired) electrons. The molecule has 3 rings (SSSR count). The van der Waals surface area contributed by atoms with Crippen LogP contribution in [0.3, 0.4) is 0 Å². The normalized spacial score (nSPS) is 11.8. The number of para-hydroxylation sites is 1. The molecule has 1 atom stereocenters. The van der Waals surface area contributed by atoms with Crippen molar-refractivity contribution in [2.75, 3.05) is 21.3 Å². The third kappa shape index (κ3) is 3.51. The van der Waals surface area contributed by atoms with Crippen LogP contribution in [0.4, 0.5) is 0 Å². The maximum atomic E-state index is 12.6. The summed E-state index contributed by atoms with van der Waals surface area (Å²) < 4.78 is 21.3. The van der Waals surface area contributed by atoms with Gasteiger partial charge in [-0.25, -0.2) is 0 Å². The second-order valence-corrected chi connectivity index (χ2v) is 6.08. The van der Waals surface area contributed by atoms with E-state index in [1.165, 1.54) is 21.3 Å². The molecule has 3 aromatic rings. The summed E-state index contributed by atoms with van der Waals surface area (Å²) in [6, 6.07) is 11.6. The first-order valence-electron chi connectivity index (χ1n) is 8.53. The van der Waals surface area contributed by atoms with Gasteiger partial charge in [-0.1, -0.05) is 18.2 Å². The average Bonchev–Trinajstić information content (AvgIpc) is 2.74. The molecule has 2 aromatic carbocycles. The summed E-state index contributed by atoms with van der Waals surface area (Å²) in [7, 11) is 4.26. The fourth-order valence-electron chi connectivity index (χ4n) is 3.09. The highest BCUT2D eigenvalue weighted by molar-refractivity contribution is 5.78. The summed E-state index contributed by atoms with van der Waals surface area (Å²) in [5, 5.41) is 10.8. The van der Waals surface area contributed by atoms with Crippen molar-refractivity contribution in [3.63, 3.8) is 0 Å². The summed E-state index contributed by atoms with van der Waals surface area (Å²) in [6.45, 7) is 0. The van der Waals surface area contributed by atoms with Crippen molar-refractivity contribution in [2.45, 2.75) is 12.3 Å². The molecule has 0 aliphatic carbocycles. The topological polar surface area (TPSA) is 95.2 Å². The van der Waals surface area contributed by atoms with Crippen molar-refractivity contribution in [3.8, 4) is 17.2 Å². The lowest BCUT2D eigenvalue weighted by atomic mass is 9.91. The number of carbonyl (C=O) groups is 1. The highest BCUT2D eigenvalue weighted by Gasteiger charge is 2.29. The SMILES string of the molecule is COC(=O)CC(c1ccc(OC)cc1OC)c1oc2ccccc2c(=O)c1O. The number of esters is 1. The van der Waals surface area contributed by atoms with Crippen molar-refractivity contribution in [1.29, 1.82) is 0 Å². The Hall–Kier alpha value is -3.48. The Kier molecular flexibility index (Phi) is 5.54. The van der Waals surface area contributed by atoms with E-state index in [-0.39, 0.29) is 17.6 Å². The van der Waals surface area contributed by atoms with Crippen LogP contribution in [0.2, 0.25) is 0 Å². The Balaban J connectivity index is 2.25. The maximum absolute atomic E-state index is 12.6. The van der Waals surface area contributed by atoms with Gasteiger partial charge < -0.3 is 23.7 Å². The van der Waals surface area contributed by atoms with Crippen molar-refractivity contribution in [2.24, 2.45) is 0 Å². The largest absolute Gasteiger partial charge is 0.502 e. The minimum absolute atomic E-state index is 0.0300. The average molecular weight is 384 g/mol. The molecule has 0 bridgehead atoms. The van der Waals surface area contributed by atoms with Crippen LogP contribution in [0.15, 0.2) is 51.7 Å². The Morgan fingerprint density at radius 3 is 2.54 bits per heavy atom. The number of ether oxygens (including phenoxy) is 3. The van der Waals surface area contributed by atoms with Crippen molar-refractivity contribution >= 4 is 16.9 Å². The van der Waals surface area contributed by atoms with Gasteiger partial charge in [-0.15, -0.1) is 0 Å². The third-order valence-corrected chi connectivity index (χ3v) is 4.53. The van der Waals surface area contributed by atoms with Crippen LogP contribution in [0.25, 0.3) is 11.0 Å². The summed E-state index contributed by atoms with van der Waals surface area (Å²) in [5.74, 6) is -0.934. The van der Waals surface area contributed by atoms with Gasteiger partial charge in [-0.2, -0.15) is 0 Å². The molecule has 0 aliphatic heterocycles. The highest BCUT2D eigenvalue weighted by atomic mass is 16.5. The maximum Gasteiger partial charge on any atom is 0.306 e. The molecule has 1 unspecified atom stereocenters. The Bertz CT molecular complexity index is 1070. The number of fused-ring (bicyclic) bond motifs is 1. The zero-order valence-electron chi connectivity index (χ0n) is 15.7. The standard InChI is InChI=1S/C21H20O7/c1-25-12-8-9-13(17(10-12)26-2)15(11-18(22)27-3)21-20(24)19(23)14-6-4-5-7-16(14)28-21/h4-10,15,24H,11H2,1-3H3. The zero-order chi connectivity index (χ0) is 20.3. The quantitative estimate of drug-likeness (QED) is 0.652. The van der Waals surface area contributed by atoms with Crippen LogP contribution in [0.1, 0.15) is 23.7 Å². The summed E-state index contributed by atoms with van der Waals surface area (Å²) in [6.07, 6.45) is -0.159. The van der Waals surface area contributed by atoms with Gasteiger partial charge in [0.1, 0.15) is 17.1 Å². The van der Waals surface area contributed by atoms with Crippen LogP contribution in [-0.2, 0) is 9.53 Å². The lowest BCUT2D eigenvalue weighted by Gasteiger charge is -2.20. The van der Waals surface area contributed by atoms with Gasteiger partial charge in [-0.3, -0.25) is 9.59 Å². The van der Waals surface area contributed by atoms with Crippen LogP contribution in [0.5, 0.6) is 17.2 Å². The van der Waals surface area contributed by atoms with Gasteiger partial charge in [0.2, 0.25) is 11.2 Å². The summed E-state index contributed by atoms with van der Waals surface area (Å²) in [4.78, 5) is 24.7. The molecule has 0 fully saturated rings. The molecular weight excluding hydrogens is 364 g/mol. The fourth-order valence-corrected chi connectivity index (χ4v) is 3.09. The van der Waals surface area contributed by atoms with E-state index in [4.69, 9.17) is 18.6 Å². The van der Waals surface area contributed by atoms with Crippen molar-refractivity contribution < 1.29 is 28.5 Å². The number of carbonyl (C=O) groups excluding carboxylic acids is 1. The predicted octanol–water partition coefficient (Wildman–Crippen LogP) is 3.21. The number of aromatic hydroxyl groups is 1. The van der Waals surface area contributed by atoms with E-state index in [0.717, 1.165) is 0 Å². The van der Waals surface area contributed by atoms with Gasteiger partial charge in [0.15, 0.2) is 5.76 Å². The van der Waals surface area contributed by atoms with Crippen LogP contribution in [-0.4, -0.2) is 32.4 Å². The van der Waals surface area contributed by atoms with E-state index < -0.39 is 23.1 Å². The molecule has 0 saturated carbocycles. The van der Waals surface area contributed by atoms with Crippen molar-refractivity contribution in [3.05, 3.63) is 64.0 Å². The molecule has 1 aromatic heterocycles. The first-order chi connectivity index (χ1) is 13.5. The Morgan fingerprint density at radius 2 is 1.86 bits per heavy atom. The third-order valence-electron chi connectivity index (χ3n) is 4.53. The summed E-state index contributed by atoms with van der Waals surface area (Å²) in [5.41, 5.74) is 0.282. The lowest BCUT2D eigenvalue weighted by Crippen LogP contribution is -2.14. The zero-order valence-corrected chi connectivity index (χ0v) is 15.7. The number of hydrogen-bond acceptors (Lipinski definition) is 7. The molecule has 1 N–H and O–H groups in total. The second-order valence-electron chi connectivity index (χ2n) is 6.08. The fraction of sp³-hybridized carbons (Fsp3) is 0.238. The Morgan fingerprint density at radius 1 is 1.11 bits per heavy atom. The summed E-state index contributed by atoms with van der Waals surface area (Å²) >= 11 is 0. The highest BCUT2D eigenvalue weighted by Crippen LogP contribution is 2.40. The minimum Gasteiger partial charge on any atom is -0.502 e. The lowest BCUT2D eigenvalue weighted by molar-refractivity contribution is -0.140. The number of hydrogen-bond donors (Lipinski definition) is 1. The number of methoxy groups -OCH3 is 3. The van der Waals surface area contributed by atoms with E-state index in [9.17, 15) is 14.7 Å². The Labute approximate surface area is 161 Å². The van der Waals surface area contributed by atoms with E-state index in [1.807, 2.05) is 0 Å². The molecule has 28 heavy (non-hydrogen) atoms. The smallest absolute Gasteiger partial charge is 0.306 e. The van der Waals surface area contributed by atoms with Gasteiger partial charge in [0, 0.05) is 11.6 Å². The van der Waals surface area contributed by atoms with Crippen LogP contribution < -0.4 is 14.9 Å². The van der Waals surface area contributed by atoms with E-state index in [0.29, 0.717) is 22.6 Å². The van der Waals surface area contributed by atoms with Gasteiger partial charge in [0.25, 0.3) is 0 Å². The molecule has 146 valence electrons. The molecule has 0 amide bonds. The molecule has 1 heterocycles. The molecule has 0 saturated heterocycles. The van der Waals surface area contributed by atoms with Crippen LogP contribution >= 0.6 is 0 Å². The van der Waals surface area contributed by atoms with Gasteiger partial charge >= 0.3 is 5.97 Å². The van der Waals surface area contributed by atoms with E-state index >= 15 is 0 Å². The van der Waals surface area contributed by atoms with E-state index in [1.54, 1.807) is 42.5 Å². The number of rotatable bonds is 6. The van der Waals surface area contributed by atoms with Gasteiger partial charge in [-0.05, 0) is 18.2 Å². The van der Waals surface area contributed by atoms with E-state index in [2.05, 4.69) is 0 Å². The molecule has 7 heteroatoms. The molecule has 0 spiro atoms. The number of benzene rings is 2. The molecular formula is C21H20O7. The monoisotopic (exact) mass is 384 g/mol. The molecule has 7 nitrogen and oxygen atoms in total. The first kappa shape index (κ1) is 19.3. The second kappa shape index (κ2) is 8.04. The minimum atomic E-state index is -0.800. The molecule has 0 aliphatic rings. The van der Waals surface area contributed by atoms with Crippen LogP contribution in [0, 0.1) is 0 Å². The van der Waals surface area contributed by atoms with Gasteiger partial charge in [0.05, 0.1) is 39.1 Å². The first-order valence-corrected chi connectivity index (χ1v) is 8.53. The van der Waals surface area contributed by atoms with Crippen molar-refractivity contribution in [1.82, 2.24) is 0 Å².